The van der Waals surface area contributed by atoms with Crippen molar-refractivity contribution in [3.05, 3.63) is 47.2 Å². The van der Waals surface area contributed by atoms with E-state index in [9.17, 15) is 4.79 Å². The smallest absolute Gasteiger partial charge is 0.192 e. The summed E-state index contributed by atoms with van der Waals surface area (Å²) in [5.74, 6) is 0.0957. The molecule has 0 fully saturated rings. The molecule has 1 aliphatic heterocycles. The summed E-state index contributed by atoms with van der Waals surface area (Å²) in [5.41, 5.74) is 2.65. The van der Waals surface area contributed by atoms with E-state index in [1.165, 1.54) is 0 Å². The van der Waals surface area contributed by atoms with Gasteiger partial charge in [0.05, 0.1) is 12.9 Å². The number of ether oxygens (including phenoxy) is 1. The first-order valence-electron chi connectivity index (χ1n) is 5.19. The maximum absolute atomic E-state index is 12.0. The van der Waals surface area contributed by atoms with Crippen molar-refractivity contribution in [2.45, 2.75) is 19.8 Å². The Labute approximate surface area is 89.6 Å². The molecule has 1 aromatic rings. The van der Waals surface area contributed by atoms with E-state index in [2.05, 4.69) is 0 Å². The molecule has 0 aliphatic carbocycles. The lowest BCUT2D eigenvalue weighted by atomic mass is 9.99. The van der Waals surface area contributed by atoms with E-state index in [-0.39, 0.29) is 5.78 Å². The fourth-order valence-corrected chi connectivity index (χ4v) is 1.70. The zero-order chi connectivity index (χ0) is 10.7. The number of benzene rings is 1. The third-order valence-corrected chi connectivity index (χ3v) is 2.51. The first-order valence-corrected chi connectivity index (χ1v) is 5.19. The molecule has 78 valence electrons. The number of allylic oxidation sites excluding steroid dienone is 1. The molecule has 15 heavy (non-hydrogen) atoms. The van der Waals surface area contributed by atoms with Gasteiger partial charge in [0.25, 0.3) is 0 Å². The number of carbonyl (C=O) groups is 1. The molecular formula is C13H14O2. The Morgan fingerprint density at radius 1 is 1.40 bits per heavy atom. The third kappa shape index (κ3) is 2.27. The zero-order valence-electron chi connectivity index (χ0n) is 8.82. The van der Waals surface area contributed by atoms with Crippen LogP contribution in [-0.2, 0) is 4.74 Å². The minimum absolute atomic E-state index is 0.0957. The molecule has 0 amide bonds. The van der Waals surface area contributed by atoms with Gasteiger partial charge in [-0.15, -0.1) is 0 Å². The standard InChI is InChI=1S/C13H14O2/c1-10-4-2-5-11(8-10)13(14)12-6-3-7-15-9-12/h2,4-5,8-9H,3,6-7H2,1H3. The zero-order valence-corrected chi connectivity index (χ0v) is 8.82. The second-order valence-corrected chi connectivity index (χ2v) is 3.82. The predicted molar refractivity (Wildman–Crippen MR) is 58.8 cm³/mol. The molecule has 0 unspecified atom stereocenters. The molecule has 0 spiro atoms. The maximum atomic E-state index is 12.0. The van der Waals surface area contributed by atoms with E-state index >= 15 is 0 Å². The maximum Gasteiger partial charge on any atom is 0.192 e. The Morgan fingerprint density at radius 3 is 2.93 bits per heavy atom. The van der Waals surface area contributed by atoms with Gasteiger partial charge in [0.15, 0.2) is 5.78 Å². The normalized spacial score (nSPS) is 15.4. The summed E-state index contributed by atoms with van der Waals surface area (Å²) in [6.07, 6.45) is 3.37. The van der Waals surface area contributed by atoms with E-state index in [4.69, 9.17) is 4.74 Å². The quantitative estimate of drug-likeness (QED) is 0.689. The van der Waals surface area contributed by atoms with Gasteiger partial charge < -0.3 is 4.74 Å². The Hall–Kier alpha value is -1.57. The second-order valence-electron chi connectivity index (χ2n) is 3.82. The van der Waals surface area contributed by atoms with Crippen LogP contribution in [0.25, 0.3) is 0 Å². The van der Waals surface area contributed by atoms with Gasteiger partial charge in [-0.2, -0.15) is 0 Å². The third-order valence-electron chi connectivity index (χ3n) is 2.51. The highest BCUT2D eigenvalue weighted by Crippen LogP contribution is 2.17. The summed E-state index contributed by atoms with van der Waals surface area (Å²) in [4.78, 5) is 12.0. The molecule has 0 N–H and O–H groups in total. The van der Waals surface area contributed by atoms with Crippen LogP contribution in [0.15, 0.2) is 36.1 Å². The monoisotopic (exact) mass is 202 g/mol. The van der Waals surface area contributed by atoms with Crippen LogP contribution in [0.5, 0.6) is 0 Å². The van der Waals surface area contributed by atoms with Gasteiger partial charge in [-0.05, 0) is 25.8 Å². The van der Waals surface area contributed by atoms with Gasteiger partial charge in [-0.25, -0.2) is 0 Å². The fourth-order valence-electron chi connectivity index (χ4n) is 1.70. The molecule has 0 saturated carbocycles. The van der Waals surface area contributed by atoms with Crippen molar-refractivity contribution in [1.29, 1.82) is 0 Å². The summed E-state index contributed by atoms with van der Waals surface area (Å²) in [5, 5.41) is 0. The Balaban J connectivity index is 2.24. The van der Waals surface area contributed by atoms with Crippen LogP contribution in [-0.4, -0.2) is 12.4 Å². The number of Topliss-reactive ketones (excluding diaryl/α,β-unsaturated/α-hetero) is 1. The molecule has 0 bridgehead atoms. The molecule has 0 saturated heterocycles. The highest BCUT2D eigenvalue weighted by atomic mass is 16.5. The van der Waals surface area contributed by atoms with E-state index in [1.54, 1.807) is 6.26 Å². The molecule has 0 atom stereocenters. The van der Waals surface area contributed by atoms with Crippen LogP contribution in [0.3, 0.4) is 0 Å². The van der Waals surface area contributed by atoms with Gasteiger partial charge in [-0.1, -0.05) is 23.8 Å². The van der Waals surface area contributed by atoms with Gasteiger partial charge >= 0.3 is 0 Å². The van der Waals surface area contributed by atoms with E-state index in [0.717, 1.165) is 36.1 Å². The molecule has 1 aromatic carbocycles. The van der Waals surface area contributed by atoms with Crippen LogP contribution in [0, 0.1) is 6.92 Å². The van der Waals surface area contributed by atoms with Crippen LogP contribution in [0.4, 0.5) is 0 Å². The first-order chi connectivity index (χ1) is 7.27. The highest BCUT2D eigenvalue weighted by molar-refractivity contribution is 6.08. The van der Waals surface area contributed by atoms with Crippen molar-refractivity contribution in [2.24, 2.45) is 0 Å². The lowest BCUT2D eigenvalue weighted by molar-refractivity contribution is 0.101. The molecular weight excluding hydrogens is 188 g/mol. The fraction of sp³-hybridized carbons (Fsp3) is 0.308. The SMILES string of the molecule is Cc1cccc(C(=O)C2=COCCC2)c1. The van der Waals surface area contributed by atoms with Crippen molar-refractivity contribution in [3.8, 4) is 0 Å². The van der Waals surface area contributed by atoms with Crippen molar-refractivity contribution in [1.82, 2.24) is 0 Å². The summed E-state index contributed by atoms with van der Waals surface area (Å²) < 4.78 is 5.17. The van der Waals surface area contributed by atoms with Crippen LogP contribution in [0.1, 0.15) is 28.8 Å². The van der Waals surface area contributed by atoms with Crippen molar-refractivity contribution >= 4 is 5.78 Å². The Morgan fingerprint density at radius 2 is 2.27 bits per heavy atom. The lowest BCUT2D eigenvalue weighted by Crippen LogP contribution is -2.09. The second kappa shape index (κ2) is 4.30. The minimum Gasteiger partial charge on any atom is -0.501 e. The predicted octanol–water partition coefficient (Wildman–Crippen LogP) is 2.87. The molecule has 2 heteroatoms. The van der Waals surface area contributed by atoms with Gasteiger partial charge in [0.2, 0.25) is 0 Å². The van der Waals surface area contributed by atoms with Crippen molar-refractivity contribution in [2.75, 3.05) is 6.61 Å². The van der Waals surface area contributed by atoms with E-state index < -0.39 is 0 Å². The summed E-state index contributed by atoms with van der Waals surface area (Å²) >= 11 is 0. The van der Waals surface area contributed by atoms with Crippen LogP contribution in [0.2, 0.25) is 0 Å². The van der Waals surface area contributed by atoms with Gasteiger partial charge in [0, 0.05) is 11.1 Å². The van der Waals surface area contributed by atoms with Crippen molar-refractivity contribution < 1.29 is 9.53 Å². The van der Waals surface area contributed by atoms with Crippen molar-refractivity contribution in [3.63, 3.8) is 0 Å². The molecule has 2 nitrogen and oxygen atoms in total. The average Bonchev–Trinajstić information content (AvgIpc) is 2.29. The molecule has 1 heterocycles. The number of rotatable bonds is 2. The van der Waals surface area contributed by atoms with Crippen LogP contribution >= 0.6 is 0 Å². The topological polar surface area (TPSA) is 26.3 Å². The summed E-state index contributed by atoms with van der Waals surface area (Å²) in [7, 11) is 0. The Bertz CT molecular complexity index is 405. The molecule has 0 aromatic heterocycles. The molecule has 1 aliphatic rings. The average molecular weight is 202 g/mol. The molecule has 0 radical (unpaired) electrons. The lowest BCUT2D eigenvalue weighted by Gasteiger charge is -2.12. The number of carbonyl (C=O) groups excluding carboxylic acids is 1. The highest BCUT2D eigenvalue weighted by Gasteiger charge is 2.14. The van der Waals surface area contributed by atoms with Gasteiger partial charge in [-0.3, -0.25) is 4.79 Å². The largest absolute Gasteiger partial charge is 0.501 e. The Kier molecular flexibility index (Phi) is 2.86. The summed E-state index contributed by atoms with van der Waals surface area (Å²) in [6.45, 7) is 2.72. The number of hydrogen-bond acceptors (Lipinski definition) is 2. The first kappa shape index (κ1) is 9.97. The summed E-state index contributed by atoms with van der Waals surface area (Å²) in [6, 6.07) is 7.66. The number of aryl methyl sites for hydroxylation is 1. The molecule has 2 rings (SSSR count). The van der Waals surface area contributed by atoms with Crippen LogP contribution < -0.4 is 0 Å². The minimum atomic E-state index is 0.0957. The number of ketones is 1. The van der Waals surface area contributed by atoms with Gasteiger partial charge in [0.1, 0.15) is 0 Å². The number of hydrogen-bond donors (Lipinski definition) is 0. The van der Waals surface area contributed by atoms with E-state index in [0.29, 0.717) is 0 Å². The van der Waals surface area contributed by atoms with E-state index in [1.807, 2.05) is 31.2 Å².